The molecule has 0 bridgehead atoms. The van der Waals surface area contributed by atoms with Crippen LogP contribution < -0.4 is 14.8 Å². The zero-order valence-electron chi connectivity index (χ0n) is 16.7. The molecule has 3 rings (SSSR count). The molecule has 1 saturated carbocycles. The van der Waals surface area contributed by atoms with Crippen molar-refractivity contribution in [3.63, 3.8) is 0 Å². The second-order valence-electron chi connectivity index (χ2n) is 7.00. The molecule has 7 nitrogen and oxygen atoms in total. The zero-order chi connectivity index (χ0) is 20.6. The maximum absolute atomic E-state index is 12.1. The third-order valence-corrected chi connectivity index (χ3v) is 5.79. The van der Waals surface area contributed by atoms with Crippen molar-refractivity contribution in [1.29, 1.82) is 0 Å². The number of ether oxygens (including phenoxy) is 3. The molecule has 1 aromatic carbocycles. The van der Waals surface area contributed by atoms with Gasteiger partial charge in [-0.2, -0.15) is 0 Å². The number of anilines is 1. The van der Waals surface area contributed by atoms with E-state index in [1.807, 2.05) is 17.5 Å². The van der Waals surface area contributed by atoms with Gasteiger partial charge in [0.2, 0.25) is 0 Å². The van der Waals surface area contributed by atoms with E-state index in [2.05, 4.69) is 10.3 Å². The number of methoxy groups -OCH3 is 2. The highest BCUT2D eigenvalue weighted by Gasteiger charge is 2.17. The fourth-order valence-corrected chi connectivity index (χ4v) is 4.19. The number of nitrogens with zero attached hydrogens (tertiary/aromatic N) is 1. The van der Waals surface area contributed by atoms with Crippen molar-refractivity contribution in [1.82, 2.24) is 4.98 Å². The SMILES string of the molecule is COc1ccc(-c2csc(NC(=O)COC(=O)CCC3CCCC3)n2)c(OC)c1. The summed E-state index contributed by atoms with van der Waals surface area (Å²) in [6, 6.07) is 5.45. The number of nitrogens with one attached hydrogen (secondary N) is 1. The third-order valence-electron chi connectivity index (χ3n) is 5.03. The molecule has 1 aliphatic rings. The third kappa shape index (κ3) is 5.93. The van der Waals surface area contributed by atoms with Crippen LogP contribution in [0.2, 0.25) is 0 Å². The van der Waals surface area contributed by atoms with Crippen molar-refractivity contribution in [2.75, 3.05) is 26.1 Å². The van der Waals surface area contributed by atoms with Crippen LogP contribution in [0.1, 0.15) is 38.5 Å². The highest BCUT2D eigenvalue weighted by Crippen LogP contribution is 2.34. The van der Waals surface area contributed by atoms with Crippen LogP contribution in [0.4, 0.5) is 5.13 Å². The number of esters is 1. The Morgan fingerprint density at radius 3 is 2.72 bits per heavy atom. The summed E-state index contributed by atoms with van der Waals surface area (Å²) in [6.45, 7) is -0.301. The fraction of sp³-hybridized carbons (Fsp3) is 0.476. The van der Waals surface area contributed by atoms with Gasteiger partial charge in [-0.1, -0.05) is 25.7 Å². The molecular weight excluding hydrogens is 392 g/mol. The molecule has 156 valence electrons. The molecule has 0 radical (unpaired) electrons. The van der Waals surface area contributed by atoms with Gasteiger partial charge in [-0.3, -0.25) is 14.9 Å². The van der Waals surface area contributed by atoms with Crippen LogP contribution in [0.5, 0.6) is 11.5 Å². The van der Waals surface area contributed by atoms with E-state index in [9.17, 15) is 9.59 Å². The fourth-order valence-electron chi connectivity index (χ4n) is 3.46. The molecule has 0 aliphatic heterocycles. The number of thiazole rings is 1. The number of benzene rings is 1. The Kier molecular flexibility index (Phi) is 7.46. The van der Waals surface area contributed by atoms with E-state index >= 15 is 0 Å². The molecule has 1 fully saturated rings. The Bertz CT molecular complexity index is 845. The highest BCUT2D eigenvalue weighted by molar-refractivity contribution is 7.14. The van der Waals surface area contributed by atoms with Gasteiger partial charge < -0.3 is 14.2 Å². The minimum Gasteiger partial charge on any atom is -0.497 e. The second kappa shape index (κ2) is 10.2. The van der Waals surface area contributed by atoms with Gasteiger partial charge in [0, 0.05) is 23.4 Å². The van der Waals surface area contributed by atoms with Crippen molar-refractivity contribution in [2.45, 2.75) is 38.5 Å². The molecule has 8 heteroatoms. The Hall–Kier alpha value is -2.61. The number of rotatable bonds is 9. The van der Waals surface area contributed by atoms with E-state index in [0.717, 1.165) is 12.0 Å². The van der Waals surface area contributed by atoms with Crippen molar-refractivity contribution in [3.05, 3.63) is 23.6 Å². The van der Waals surface area contributed by atoms with Gasteiger partial charge in [-0.05, 0) is 24.5 Å². The molecule has 1 N–H and O–H groups in total. The van der Waals surface area contributed by atoms with Gasteiger partial charge in [0.05, 0.1) is 19.9 Å². The first-order chi connectivity index (χ1) is 14.1. The molecule has 1 amide bonds. The maximum atomic E-state index is 12.1. The van der Waals surface area contributed by atoms with Crippen molar-refractivity contribution >= 4 is 28.3 Å². The van der Waals surface area contributed by atoms with E-state index < -0.39 is 5.91 Å². The molecule has 1 aliphatic carbocycles. The Morgan fingerprint density at radius 1 is 1.21 bits per heavy atom. The van der Waals surface area contributed by atoms with E-state index in [-0.39, 0.29) is 12.6 Å². The summed E-state index contributed by atoms with van der Waals surface area (Å²) in [6.07, 6.45) is 6.11. The largest absolute Gasteiger partial charge is 0.497 e. The van der Waals surface area contributed by atoms with Gasteiger partial charge in [-0.25, -0.2) is 4.98 Å². The summed E-state index contributed by atoms with van der Waals surface area (Å²) < 4.78 is 15.7. The monoisotopic (exact) mass is 418 g/mol. The Morgan fingerprint density at radius 2 is 2.00 bits per heavy atom. The number of carbonyl (C=O) groups is 2. The summed E-state index contributed by atoms with van der Waals surface area (Å²) >= 11 is 1.29. The Labute approximate surface area is 174 Å². The Balaban J connectivity index is 1.49. The van der Waals surface area contributed by atoms with E-state index in [1.165, 1.54) is 37.0 Å². The molecule has 0 spiro atoms. The molecular formula is C21H26N2O5S. The van der Waals surface area contributed by atoms with Gasteiger partial charge in [0.1, 0.15) is 11.5 Å². The molecule has 0 atom stereocenters. The molecule has 2 aromatic rings. The summed E-state index contributed by atoms with van der Waals surface area (Å²) in [5, 5.41) is 4.93. The number of hydrogen-bond donors (Lipinski definition) is 1. The predicted octanol–water partition coefficient (Wildman–Crippen LogP) is 4.28. The molecule has 1 heterocycles. The smallest absolute Gasteiger partial charge is 0.306 e. The van der Waals surface area contributed by atoms with E-state index in [4.69, 9.17) is 14.2 Å². The van der Waals surface area contributed by atoms with Gasteiger partial charge in [0.25, 0.3) is 5.91 Å². The first kappa shape index (κ1) is 21.1. The number of aromatic nitrogens is 1. The topological polar surface area (TPSA) is 86.8 Å². The van der Waals surface area contributed by atoms with Crippen LogP contribution in [-0.2, 0) is 14.3 Å². The van der Waals surface area contributed by atoms with Crippen LogP contribution in [0.25, 0.3) is 11.3 Å². The highest BCUT2D eigenvalue weighted by atomic mass is 32.1. The molecule has 0 unspecified atom stereocenters. The van der Waals surface area contributed by atoms with Crippen molar-refractivity contribution < 1.29 is 23.8 Å². The van der Waals surface area contributed by atoms with Gasteiger partial charge in [0.15, 0.2) is 11.7 Å². The normalized spacial score (nSPS) is 13.9. The molecule has 0 saturated heterocycles. The van der Waals surface area contributed by atoms with E-state index in [1.54, 1.807) is 20.3 Å². The number of amides is 1. The summed E-state index contributed by atoms with van der Waals surface area (Å²) in [4.78, 5) is 28.3. The number of carbonyl (C=O) groups excluding carboxylic acids is 2. The van der Waals surface area contributed by atoms with E-state index in [0.29, 0.717) is 34.7 Å². The van der Waals surface area contributed by atoms with Crippen LogP contribution in [-0.4, -0.2) is 37.7 Å². The summed E-state index contributed by atoms with van der Waals surface area (Å²) in [7, 11) is 3.17. The lowest BCUT2D eigenvalue weighted by atomic mass is 10.0. The first-order valence-electron chi connectivity index (χ1n) is 9.72. The van der Waals surface area contributed by atoms with Crippen LogP contribution in [0.3, 0.4) is 0 Å². The van der Waals surface area contributed by atoms with Crippen molar-refractivity contribution in [2.24, 2.45) is 5.92 Å². The quantitative estimate of drug-likeness (QED) is 0.612. The van der Waals surface area contributed by atoms with Gasteiger partial charge in [-0.15, -0.1) is 11.3 Å². The number of hydrogen-bond acceptors (Lipinski definition) is 7. The van der Waals surface area contributed by atoms with Crippen LogP contribution in [0, 0.1) is 5.92 Å². The predicted molar refractivity (Wildman–Crippen MR) is 111 cm³/mol. The average Bonchev–Trinajstić information content (AvgIpc) is 3.42. The second-order valence-corrected chi connectivity index (χ2v) is 7.86. The first-order valence-corrected chi connectivity index (χ1v) is 10.6. The lowest BCUT2D eigenvalue weighted by Gasteiger charge is -2.09. The van der Waals surface area contributed by atoms with Gasteiger partial charge >= 0.3 is 5.97 Å². The average molecular weight is 419 g/mol. The minimum atomic E-state index is -0.401. The van der Waals surface area contributed by atoms with Crippen LogP contribution >= 0.6 is 11.3 Å². The summed E-state index contributed by atoms with van der Waals surface area (Å²) in [5.41, 5.74) is 1.47. The minimum absolute atomic E-state index is 0.301. The standard InChI is InChI=1S/C21H26N2O5S/c1-26-15-8-9-16(18(11-15)27-2)17-13-29-21(22-17)23-19(24)12-28-20(25)10-7-14-5-3-4-6-14/h8-9,11,13-14H,3-7,10,12H2,1-2H3,(H,22,23,24). The van der Waals surface area contributed by atoms with Crippen molar-refractivity contribution in [3.8, 4) is 22.8 Å². The maximum Gasteiger partial charge on any atom is 0.306 e. The zero-order valence-corrected chi connectivity index (χ0v) is 17.5. The molecule has 29 heavy (non-hydrogen) atoms. The summed E-state index contributed by atoms with van der Waals surface area (Å²) in [5.74, 6) is 1.21. The lowest BCUT2D eigenvalue weighted by molar-refractivity contribution is -0.147. The molecule has 1 aromatic heterocycles. The van der Waals surface area contributed by atoms with Crippen LogP contribution in [0.15, 0.2) is 23.6 Å². The lowest BCUT2D eigenvalue weighted by Crippen LogP contribution is -2.21.